The smallest absolute Gasteiger partial charge is 0.346 e. The van der Waals surface area contributed by atoms with E-state index in [-0.39, 0.29) is 10.5 Å². The summed E-state index contributed by atoms with van der Waals surface area (Å²) in [7, 11) is -1.25. The van der Waals surface area contributed by atoms with Crippen LogP contribution in [0.25, 0.3) is 0 Å². The molecule has 2 aromatic carbocycles. The zero-order valence-corrected chi connectivity index (χ0v) is 15.8. The molecule has 0 amide bonds. The molecule has 0 aliphatic rings. The van der Waals surface area contributed by atoms with Crippen molar-refractivity contribution >= 4 is 27.6 Å². The molecular formula is C18H19NO7S. The van der Waals surface area contributed by atoms with Gasteiger partial charge >= 0.3 is 11.9 Å². The van der Waals surface area contributed by atoms with Crippen LogP contribution in [0.5, 0.6) is 5.75 Å². The summed E-state index contributed by atoms with van der Waals surface area (Å²) in [5, 5.41) is 0. The van der Waals surface area contributed by atoms with Gasteiger partial charge in [-0.2, -0.15) is 0 Å². The molecule has 0 aromatic heterocycles. The SMILES string of the molecule is COC(=O)[C@H](C)OC(=O)c1cccc(S(=O)(=O)Nc2ccc(OC)cc2)c1. The Kier molecular flexibility index (Phi) is 6.40. The Morgan fingerprint density at radius 1 is 1.04 bits per heavy atom. The third kappa shape index (κ3) is 5.20. The zero-order chi connectivity index (χ0) is 20.0. The van der Waals surface area contributed by atoms with Crippen LogP contribution in [-0.2, 0) is 24.3 Å². The van der Waals surface area contributed by atoms with Gasteiger partial charge in [-0.25, -0.2) is 18.0 Å². The van der Waals surface area contributed by atoms with Crippen LogP contribution >= 0.6 is 0 Å². The van der Waals surface area contributed by atoms with Crippen molar-refractivity contribution in [3.63, 3.8) is 0 Å². The maximum atomic E-state index is 12.5. The highest BCUT2D eigenvalue weighted by Gasteiger charge is 2.21. The molecule has 0 heterocycles. The van der Waals surface area contributed by atoms with E-state index in [0.29, 0.717) is 11.4 Å². The molecule has 1 N–H and O–H groups in total. The molecule has 144 valence electrons. The van der Waals surface area contributed by atoms with Crippen molar-refractivity contribution in [2.75, 3.05) is 18.9 Å². The summed E-state index contributed by atoms with van der Waals surface area (Å²) in [4.78, 5) is 23.3. The fourth-order valence-corrected chi connectivity index (χ4v) is 3.21. The summed E-state index contributed by atoms with van der Waals surface area (Å²) in [6, 6.07) is 11.6. The van der Waals surface area contributed by atoms with Gasteiger partial charge in [-0.3, -0.25) is 4.72 Å². The van der Waals surface area contributed by atoms with E-state index in [2.05, 4.69) is 9.46 Å². The lowest BCUT2D eigenvalue weighted by Crippen LogP contribution is -2.25. The standard InChI is InChI=1S/C18H19NO7S/c1-12(17(20)25-3)26-18(21)13-5-4-6-16(11-13)27(22,23)19-14-7-9-15(24-2)10-8-14/h4-12,19H,1-3H3/t12-/m0/s1. The van der Waals surface area contributed by atoms with E-state index in [0.717, 1.165) is 6.07 Å². The van der Waals surface area contributed by atoms with Gasteiger partial charge < -0.3 is 14.2 Å². The van der Waals surface area contributed by atoms with Gasteiger partial charge in [0, 0.05) is 5.69 Å². The van der Waals surface area contributed by atoms with E-state index < -0.39 is 28.1 Å². The number of carbonyl (C=O) groups excluding carboxylic acids is 2. The molecule has 27 heavy (non-hydrogen) atoms. The van der Waals surface area contributed by atoms with Gasteiger partial charge in [0.2, 0.25) is 0 Å². The molecule has 8 nitrogen and oxygen atoms in total. The number of hydrogen-bond donors (Lipinski definition) is 1. The van der Waals surface area contributed by atoms with Crippen molar-refractivity contribution in [2.24, 2.45) is 0 Å². The number of esters is 2. The van der Waals surface area contributed by atoms with Crippen LogP contribution < -0.4 is 9.46 Å². The first-order valence-electron chi connectivity index (χ1n) is 7.82. The summed E-state index contributed by atoms with van der Waals surface area (Å²) in [5.41, 5.74) is 0.325. The van der Waals surface area contributed by atoms with Crippen LogP contribution in [0.2, 0.25) is 0 Å². The van der Waals surface area contributed by atoms with Gasteiger partial charge in [0.1, 0.15) is 5.75 Å². The Hall–Kier alpha value is -3.07. The van der Waals surface area contributed by atoms with Crippen molar-refractivity contribution in [1.82, 2.24) is 0 Å². The Bertz CT molecular complexity index is 923. The second-order valence-electron chi connectivity index (χ2n) is 5.43. The number of methoxy groups -OCH3 is 2. The fourth-order valence-electron chi connectivity index (χ4n) is 2.11. The number of benzene rings is 2. The maximum Gasteiger partial charge on any atom is 0.346 e. The van der Waals surface area contributed by atoms with Gasteiger partial charge in [0.05, 0.1) is 24.7 Å². The van der Waals surface area contributed by atoms with Crippen molar-refractivity contribution in [3.05, 3.63) is 54.1 Å². The second-order valence-corrected chi connectivity index (χ2v) is 7.11. The Morgan fingerprint density at radius 2 is 1.70 bits per heavy atom. The largest absolute Gasteiger partial charge is 0.497 e. The molecule has 0 radical (unpaired) electrons. The van der Waals surface area contributed by atoms with E-state index in [1.54, 1.807) is 24.3 Å². The summed E-state index contributed by atoms with van der Waals surface area (Å²) < 4.78 is 41.9. The number of carbonyl (C=O) groups is 2. The number of sulfonamides is 1. The topological polar surface area (TPSA) is 108 Å². The van der Waals surface area contributed by atoms with Crippen molar-refractivity contribution in [3.8, 4) is 5.75 Å². The van der Waals surface area contributed by atoms with Crippen LogP contribution in [0, 0.1) is 0 Å². The number of rotatable bonds is 7. The molecule has 0 fully saturated rings. The van der Waals surface area contributed by atoms with Crippen LogP contribution in [-0.4, -0.2) is 40.7 Å². The first-order valence-corrected chi connectivity index (χ1v) is 9.31. The van der Waals surface area contributed by atoms with Crippen LogP contribution in [0.15, 0.2) is 53.4 Å². The number of anilines is 1. The summed E-state index contributed by atoms with van der Waals surface area (Å²) in [5.74, 6) is -0.967. The quantitative estimate of drug-likeness (QED) is 0.719. The molecule has 2 rings (SSSR count). The number of ether oxygens (including phenoxy) is 3. The van der Waals surface area contributed by atoms with Crippen LogP contribution in [0.4, 0.5) is 5.69 Å². The van der Waals surface area contributed by atoms with E-state index in [4.69, 9.17) is 9.47 Å². The monoisotopic (exact) mass is 393 g/mol. The van der Waals surface area contributed by atoms with E-state index in [9.17, 15) is 18.0 Å². The highest BCUT2D eigenvalue weighted by molar-refractivity contribution is 7.92. The predicted octanol–water partition coefficient (Wildman–Crippen LogP) is 2.21. The first kappa shape index (κ1) is 20.2. The maximum absolute atomic E-state index is 12.5. The third-order valence-electron chi connectivity index (χ3n) is 3.54. The summed E-state index contributed by atoms with van der Waals surface area (Å²) in [6.45, 7) is 1.36. The lowest BCUT2D eigenvalue weighted by atomic mass is 10.2. The number of nitrogens with one attached hydrogen (secondary N) is 1. The molecule has 0 saturated heterocycles. The van der Waals surface area contributed by atoms with Crippen LogP contribution in [0.1, 0.15) is 17.3 Å². The summed E-state index contributed by atoms with van der Waals surface area (Å²) in [6.07, 6.45) is -1.11. The van der Waals surface area contributed by atoms with Crippen LogP contribution in [0.3, 0.4) is 0 Å². The van der Waals surface area contributed by atoms with Crippen molar-refractivity contribution in [1.29, 1.82) is 0 Å². The van der Waals surface area contributed by atoms with E-state index >= 15 is 0 Å². The second kappa shape index (κ2) is 8.54. The Morgan fingerprint density at radius 3 is 2.30 bits per heavy atom. The number of hydrogen-bond acceptors (Lipinski definition) is 7. The minimum Gasteiger partial charge on any atom is -0.497 e. The molecule has 1 atom stereocenters. The van der Waals surface area contributed by atoms with Gasteiger partial charge in [-0.1, -0.05) is 6.07 Å². The summed E-state index contributed by atoms with van der Waals surface area (Å²) >= 11 is 0. The molecule has 0 saturated carbocycles. The van der Waals surface area contributed by atoms with Gasteiger partial charge in [-0.05, 0) is 49.4 Å². The highest BCUT2D eigenvalue weighted by Crippen LogP contribution is 2.20. The molecule has 9 heteroatoms. The lowest BCUT2D eigenvalue weighted by molar-refractivity contribution is -0.149. The van der Waals surface area contributed by atoms with Crippen molar-refractivity contribution < 1.29 is 32.2 Å². The minimum atomic E-state index is -3.93. The third-order valence-corrected chi connectivity index (χ3v) is 4.92. The van der Waals surface area contributed by atoms with E-state index in [1.807, 2.05) is 0 Å². The average molecular weight is 393 g/mol. The normalized spacial score (nSPS) is 12.0. The molecule has 0 aliphatic carbocycles. The molecule has 0 unspecified atom stereocenters. The zero-order valence-electron chi connectivity index (χ0n) is 15.0. The van der Waals surface area contributed by atoms with Crippen molar-refractivity contribution in [2.45, 2.75) is 17.9 Å². The van der Waals surface area contributed by atoms with Gasteiger partial charge in [0.25, 0.3) is 10.0 Å². The fraction of sp³-hybridized carbons (Fsp3) is 0.222. The molecule has 0 aliphatic heterocycles. The molecular weight excluding hydrogens is 374 g/mol. The molecule has 2 aromatic rings. The Labute approximate surface area is 157 Å². The van der Waals surface area contributed by atoms with Gasteiger partial charge in [-0.15, -0.1) is 0 Å². The predicted molar refractivity (Wildman–Crippen MR) is 97.1 cm³/mol. The minimum absolute atomic E-state index is 0.0108. The molecule has 0 bridgehead atoms. The Balaban J connectivity index is 2.19. The first-order chi connectivity index (χ1) is 12.8. The molecule has 0 spiro atoms. The average Bonchev–Trinajstić information content (AvgIpc) is 2.67. The lowest BCUT2D eigenvalue weighted by Gasteiger charge is -2.12. The highest BCUT2D eigenvalue weighted by atomic mass is 32.2. The van der Waals surface area contributed by atoms with E-state index in [1.165, 1.54) is 39.3 Å². The van der Waals surface area contributed by atoms with Gasteiger partial charge in [0.15, 0.2) is 6.10 Å².